The van der Waals surface area contributed by atoms with E-state index in [4.69, 9.17) is 0 Å². The molecule has 1 aliphatic heterocycles. The highest BCUT2D eigenvalue weighted by atomic mass is 19.3. The Morgan fingerprint density at radius 2 is 2.33 bits per heavy atom. The first kappa shape index (κ1) is 15.7. The molecule has 1 heterocycles. The smallest absolute Gasteiger partial charge is 0.387 e. The number of carbonyl (C=O) groups is 1. The van der Waals surface area contributed by atoms with E-state index in [9.17, 15) is 13.6 Å². The van der Waals surface area contributed by atoms with E-state index >= 15 is 0 Å². The summed E-state index contributed by atoms with van der Waals surface area (Å²) in [6, 6.07) is 5.80. The van der Waals surface area contributed by atoms with Crippen LogP contribution in [-0.4, -0.2) is 25.1 Å². The molecule has 2 rings (SSSR count). The van der Waals surface area contributed by atoms with E-state index in [0.717, 1.165) is 25.8 Å². The van der Waals surface area contributed by atoms with Crippen LogP contribution in [0.3, 0.4) is 0 Å². The minimum atomic E-state index is -2.87. The zero-order valence-electron chi connectivity index (χ0n) is 11.9. The second kappa shape index (κ2) is 7.36. The predicted molar refractivity (Wildman–Crippen MR) is 76.5 cm³/mol. The molecule has 0 saturated carbocycles. The number of amides is 1. The Kier molecular flexibility index (Phi) is 5.50. The summed E-state index contributed by atoms with van der Waals surface area (Å²) in [5.41, 5.74) is 0.457. The molecule has 1 aromatic rings. The van der Waals surface area contributed by atoms with Gasteiger partial charge in [-0.1, -0.05) is 19.4 Å². The van der Waals surface area contributed by atoms with Gasteiger partial charge >= 0.3 is 6.61 Å². The molecule has 2 N–H and O–H groups in total. The number of ether oxygens (including phenoxy) is 1. The molecule has 21 heavy (non-hydrogen) atoms. The van der Waals surface area contributed by atoms with E-state index in [0.29, 0.717) is 11.6 Å². The number of hydrogen-bond donors (Lipinski definition) is 2. The molecule has 1 aliphatic rings. The van der Waals surface area contributed by atoms with Crippen LogP contribution in [-0.2, 0) is 4.79 Å². The number of benzene rings is 1. The standard InChI is InChI=1S/C15H20F2N2O2/c1-2-10-6-7-18-13(8-10)14(20)19-11-4-3-5-12(9-11)21-15(16)17/h3-5,9-10,13,15,18H,2,6-8H2,1H3,(H,19,20). The Hall–Kier alpha value is -1.69. The molecule has 0 spiro atoms. The second-order valence-electron chi connectivity index (χ2n) is 5.20. The van der Waals surface area contributed by atoms with Gasteiger partial charge in [0.05, 0.1) is 6.04 Å². The molecule has 0 aliphatic carbocycles. The Morgan fingerprint density at radius 1 is 1.52 bits per heavy atom. The molecule has 116 valence electrons. The molecule has 1 amide bonds. The summed E-state index contributed by atoms with van der Waals surface area (Å²) in [4.78, 5) is 12.2. The Bertz CT molecular complexity index is 482. The normalized spacial score (nSPS) is 22.1. The molecule has 4 nitrogen and oxygen atoms in total. The SMILES string of the molecule is CCC1CCNC(C(=O)Nc2cccc(OC(F)F)c2)C1. The van der Waals surface area contributed by atoms with Crippen molar-refractivity contribution in [1.82, 2.24) is 5.32 Å². The van der Waals surface area contributed by atoms with Crippen LogP contribution in [0.1, 0.15) is 26.2 Å². The van der Waals surface area contributed by atoms with Crippen LogP contribution in [0.4, 0.5) is 14.5 Å². The van der Waals surface area contributed by atoms with Gasteiger partial charge in [0.2, 0.25) is 5.91 Å². The summed E-state index contributed by atoms with van der Waals surface area (Å²) >= 11 is 0. The lowest BCUT2D eigenvalue weighted by Gasteiger charge is -2.28. The number of halogens is 2. The van der Waals surface area contributed by atoms with Crippen molar-refractivity contribution in [2.45, 2.75) is 38.8 Å². The molecule has 6 heteroatoms. The van der Waals surface area contributed by atoms with Crippen molar-refractivity contribution in [3.8, 4) is 5.75 Å². The fraction of sp³-hybridized carbons (Fsp3) is 0.533. The van der Waals surface area contributed by atoms with E-state index in [-0.39, 0.29) is 17.7 Å². The molecule has 1 saturated heterocycles. The lowest BCUT2D eigenvalue weighted by atomic mass is 9.90. The van der Waals surface area contributed by atoms with Crippen LogP contribution in [0.15, 0.2) is 24.3 Å². The van der Waals surface area contributed by atoms with E-state index in [1.807, 2.05) is 0 Å². The highest BCUT2D eigenvalue weighted by Crippen LogP contribution is 2.22. The van der Waals surface area contributed by atoms with Gasteiger partial charge in [-0.25, -0.2) is 0 Å². The number of alkyl halides is 2. The topological polar surface area (TPSA) is 50.4 Å². The second-order valence-corrected chi connectivity index (χ2v) is 5.20. The quantitative estimate of drug-likeness (QED) is 0.878. The monoisotopic (exact) mass is 298 g/mol. The van der Waals surface area contributed by atoms with Gasteiger partial charge in [-0.05, 0) is 37.4 Å². The highest BCUT2D eigenvalue weighted by molar-refractivity contribution is 5.95. The maximum Gasteiger partial charge on any atom is 0.387 e. The molecule has 1 aromatic carbocycles. The lowest BCUT2D eigenvalue weighted by molar-refractivity contribution is -0.119. The first-order valence-electron chi connectivity index (χ1n) is 7.17. The number of carbonyl (C=O) groups excluding carboxylic acids is 1. The first-order valence-corrected chi connectivity index (χ1v) is 7.17. The van der Waals surface area contributed by atoms with Gasteiger partial charge < -0.3 is 15.4 Å². The average molecular weight is 298 g/mol. The van der Waals surface area contributed by atoms with Gasteiger partial charge in [-0.15, -0.1) is 0 Å². The summed E-state index contributed by atoms with van der Waals surface area (Å²) in [5.74, 6) is 0.448. The predicted octanol–water partition coefficient (Wildman–Crippen LogP) is 3.00. The molecular weight excluding hydrogens is 278 g/mol. The number of piperidine rings is 1. The Balaban J connectivity index is 1.95. The van der Waals surface area contributed by atoms with Gasteiger partial charge in [-0.3, -0.25) is 4.79 Å². The van der Waals surface area contributed by atoms with Crippen molar-refractivity contribution in [3.63, 3.8) is 0 Å². The number of rotatable bonds is 5. The maximum absolute atomic E-state index is 12.2. The van der Waals surface area contributed by atoms with Crippen molar-refractivity contribution < 1.29 is 18.3 Å². The van der Waals surface area contributed by atoms with Crippen molar-refractivity contribution in [3.05, 3.63) is 24.3 Å². The fourth-order valence-electron chi connectivity index (χ4n) is 2.55. The largest absolute Gasteiger partial charge is 0.435 e. The molecule has 2 unspecified atom stereocenters. The Labute approximate surface area is 122 Å². The fourth-order valence-corrected chi connectivity index (χ4v) is 2.55. The van der Waals surface area contributed by atoms with Crippen LogP contribution in [0.2, 0.25) is 0 Å². The van der Waals surface area contributed by atoms with Gasteiger partial charge in [-0.2, -0.15) is 8.78 Å². The van der Waals surface area contributed by atoms with Crippen LogP contribution in [0.5, 0.6) is 5.75 Å². The van der Waals surface area contributed by atoms with E-state index in [2.05, 4.69) is 22.3 Å². The van der Waals surface area contributed by atoms with Crippen molar-refractivity contribution in [1.29, 1.82) is 0 Å². The molecule has 2 atom stereocenters. The number of hydrogen-bond acceptors (Lipinski definition) is 3. The van der Waals surface area contributed by atoms with Crippen molar-refractivity contribution in [2.75, 3.05) is 11.9 Å². The molecule has 0 bridgehead atoms. The van der Waals surface area contributed by atoms with E-state index in [1.54, 1.807) is 12.1 Å². The lowest BCUT2D eigenvalue weighted by Crippen LogP contribution is -2.46. The van der Waals surface area contributed by atoms with Gasteiger partial charge in [0.25, 0.3) is 0 Å². The molecule has 0 radical (unpaired) electrons. The molecule has 0 aromatic heterocycles. The van der Waals surface area contributed by atoms with Crippen LogP contribution in [0, 0.1) is 5.92 Å². The van der Waals surface area contributed by atoms with Gasteiger partial charge in [0, 0.05) is 11.8 Å². The third kappa shape index (κ3) is 4.67. The van der Waals surface area contributed by atoms with Crippen LogP contribution < -0.4 is 15.4 Å². The minimum absolute atomic E-state index is 0.0332. The van der Waals surface area contributed by atoms with E-state index < -0.39 is 6.61 Å². The third-order valence-electron chi connectivity index (χ3n) is 3.73. The van der Waals surface area contributed by atoms with Gasteiger partial charge in [0.1, 0.15) is 5.75 Å². The zero-order chi connectivity index (χ0) is 15.2. The van der Waals surface area contributed by atoms with Crippen molar-refractivity contribution in [2.24, 2.45) is 5.92 Å². The highest BCUT2D eigenvalue weighted by Gasteiger charge is 2.25. The Morgan fingerprint density at radius 3 is 3.05 bits per heavy atom. The molecular formula is C15H20F2N2O2. The van der Waals surface area contributed by atoms with Crippen molar-refractivity contribution >= 4 is 11.6 Å². The maximum atomic E-state index is 12.2. The summed E-state index contributed by atoms with van der Waals surface area (Å²) in [7, 11) is 0. The summed E-state index contributed by atoms with van der Waals surface area (Å²) in [5, 5.41) is 5.93. The minimum Gasteiger partial charge on any atom is -0.435 e. The number of anilines is 1. The number of nitrogens with one attached hydrogen (secondary N) is 2. The first-order chi connectivity index (χ1) is 10.1. The average Bonchev–Trinajstić information content (AvgIpc) is 2.47. The van der Waals surface area contributed by atoms with Crippen LogP contribution >= 0.6 is 0 Å². The summed E-state index contributed by atoms with van der Waals surface area (Å²) in [6.45, 7) is 0.0718. The van der Waals surface area contributed by atoms with E-state index in [1.165, 1.54) is 12.1 Å². The third-order valence-corrected chi connectivity index (χ3v) is 3.73. The summed E-state index contributed by atoms with van der Waals surface area (Å²) < 4.78 is 28.7. The molecule has 1 fully saturated rings. The summed E-state index contributed by atoms with van der Waals surface area (Å²) in [6.07, 6.45) is 2.94. The van der Waals surface area contributed by atoms with Gasteiger partial charge in [0.15, 0.2) is 0 Å². The van der Waals surface area contributed by atoms with Crippen LogP contribution in [0.25, 0.3) is 0 Å². The zero-order valence-corrected chi connectivity index (χ0v) is 11.9.